The molecule has 4 rings (SSSR count). The maximum atomic E-state index is 13.1. The lowest BCUT2D eigenvalue weighted by molar-refractivity contribution is -0.119. The number of amides is 3. The SMILES string of the molecule is CC1CN(CCOc2ccc(NC(=O)Nc3cc(C(C)(C)C)sc3CNC(=O)CN)c3ccccc23)CC(C)O1. The zero-order valence-electron chi connectivity index (χ0n) is 24.0. The Morgan fingerprint density at radius 3 is 2.40 bits per heavy atom. The van der Waals surface area contributed by atoms with Gasteiger partial charge in [-0.15, -0.1) is 11.3 Å². The monoisotopic (exact) mass is 567 g/mol. The smallest absolute Gasteiger partial charge is 0.323 e. The fourth-order valence-electron chi connectivity index (χ4n) is 4.82. The highest BCUT2D eigenvalue weighted by Crippen LogP contribution is 2.36. The van der Waals surface area contributed by atoms with Crippen LogP contribution in [0.4, 0.5) is 16.2 Å². The van der Waals surface area contributed by atoms with E-state index < -0.39 is 0 Å². The minimum atomic E-state index is -0.362. The molecule has 2 aromatic carbocycles. The van der Waals surface area contributed by atoms with Crippen molar-refractivity contribution in [2.45, 2.75) is 58.8 Å². The van der Waals surface area contributed by atoms with Crippen LogP contribution in [0.3, 0.4) is 0 Å². The number of morpholine rings is 1. The van der Waals surface area contributed by atoms with Crippen LogP contribution in [0.2, 0.25) is 0 Å². The third-order valence-corrected chi connectivity index (χ3v) is 8.28. The van der Waals surface area contributed by atoms with Gasteiger partial charge in [-0.2, -0.15) is 0 Å². The van der Waals surface area contributed by atoms with E-state index in [0.717, 1.165) is 45.9 Å². The number of anilines is 2. The van der Waals surface area contributed by atoms with Crippen LogP contribution >= 0.6 is 11.3 Å². The number of nitrogens with zero attached hydrogens (tertiary/aromatic N) is 1. The number of benzene rings is 2. The van der Waals surface area contributed by atoms with Gasteiger partial charge in [-0.3, -0.25) is 9.69 Å². The van der Waals surface area contributed by atoms with E-state index in [1.54, 1.807) is 11.3 Å². The summed E-state index contributed by atoms with van der Waals surface area (Å²) in [4.78, 5) is 29.2. The van der Waals surface area contributed by atoms with Crippen molar-refractivity contribution in [3.05, 3.63) is 52.2 Å². The average molecular weight is 568 g/mol. The number of thiophene rings is 1. The molecular formula is C30H41N5O4S. The van der Waals surface area contributed by atoms with Crippen molar-refractivity contribution in [1.29, 1.82) is 0 Å². The van der Waals surface area contributed by atoms with Gasteiger partial charge in [-0.1, -0.05) is 45.0 Å². The fourth-order valence-corrected chi connectivity index (χ4v) is 5.93. The number of hydrogen-bond acceptors (Lipinski definition) is 7. The van der Waals surface area contributed by atoms with E-state index in [4.69, 9.17) is 15.2 Å². The summed E-state index contributed by atoms with van der Waals surface area (Å²) in [6.45, 7) is 13.9. The first-order chi connectivity index (χ1) is 19.0. The lowest BCUT2D eigenvalue weighted by atomic mass is 9.94. The maximum Gasteiger partial charge on any atom is 0.323 e. The Morgan fingerprint density at radius 1 is 1.05 bits per heavy atom. The van der Waals surface area contributed by atoms with Crippen LogP contribution in [0.25, 0.3) is 10.8 Å². The van der Waals surface area contributed by atoms with E-state index in [1.165, 1.54) is 0 Å². The van der Waals surface area contributed by atoms with Gasteiger partial charge >= 0.3 is 6.03 Å². The molecule has 9 nitrogen and oxygen atoms in total. The molecule has 3 amide bonds. The fraction of sp³-hybridized carbons (Fsp3) is 0.467. The Hall–Kier alpha value is -3.18. The van der Waals surface area contributed by atoms with Gasteiger partial charge in [0.2, 0.25) is 5.91 Å². The molecule has 5 N–H and O–H groups in total. The summed E-state index contributed by atoms with van der Waals surface area (Å²) in [5, 5.41) is 10.6. The molecule has 10 heteroatoms. The largest absolute Gasteiger partial charge is 0.492 e. The summed E-state index contributed by atoms with van der Waals surface area (Å²) in [6, 6.07) is 13.3. The quantitative estimate of drug-likeness (QED) is 0.292. The molecule has 2 unspecified atom stereocenters. The van der Waals surface area contributed by atoms with Gasteiger partial charge in [0.1, 0.15) is 12.4 Å². The summed E-state index contributed by atoms with van der Waals surface area (Å²) in [7, 11) is 0. The van der Waals surface area contributed by atoms with E-state index in [9.17, 15) is 9.59 Å². The highest BCUT2D eigenvalue weighted by Gasteiger charge is 2.23. The zero-order valence-corrected chi connectivity index (χ0v) is 24.8. The van der Waals surface area contributed by atoms with E-state index in [0.29, 0.717) is 24.5 Å². The Labute approximate surface area is 240 Å². The molecule has 1 aliphatic heterocycles. The Balaban J connectivity index is 1.45. The van der Waals surface area contributed by atoms with Crippen LogP contribution in [0.1, 0.15) is 44.4 Å². The molecule has 2 heterocycles. The normalized spacial score (nSPS) is 17.9. The Bertz CT molecular complexity index is 1330. The van der Waals surface area contributed by atoms with Crippen molar-refractivity contribution in [1.82, 2.24) is 10.2 Å². The van der Waals surface area contributed by atoms with Gasteiger partial charge in [0.15, 0.2) is 0 Å². The van der Waals surface area contributed by atoms with E-state index in [1.807, 2.05) is 42.5 Å². The molecule has 3 aromatic rings. The van der Waals surface area contributed by atoms with Crippen molar-refractivity contribution < 1.29 is 19.1 Å². The number of hydrogen-bond donors (Lipinski definition) is 4. The minimum Gasteiger partial charge on any atom is -0.492 e. The number of carbonyl (C=O) groups is 2. The Kier molecular flexibility index (Phi) is 9.68. The van der Waals surface area contributed by atoms with Gasteiger partial charge < -0.3 is 31.2 Å². The topological polar surface area (TPSA) is 118 Å². The van der Waals surface area contributed by atoms with Crippen molar-refractivity contribution in [2.75, 3.05) is 43.4 Å². The van der Waals surface area contributed by atoms with Crippen molar-refractivity contribution in [2.24, 2.45) is 5.73 Å². The van der Waals surface area contributed by atoms with Gasteiger partial charge in [0.25, 0.3) is 0 Å². The second-order valence-corrected chi connectivity index (χ2v) is 12.4. The second-order valence-electron chi connectivity index (χ2n) is 11.3. The molecule has 0 saturated carbocycles. The predicted molar refractivity (Wildman–Crippen MR) is 162 cm³/mol. The first-order valence-electron chi connectivity index (χ1n) is 13.7. The molecule has 40 heavy (non-hydrogen) atoms. The number of nitrogens with one attached hydrogen (secondary N) is 3. The highest BCUT2D eigenvalue weighted by atomic mass is 32.1. The number of carbonyl (C=O) groups excluding carboxylic acids is 2. The first kappa shape index (κ1) is 29.8. The number of urea groups is 1. The molecule has 2 atom stereocenters. The van der Waals surface area contributed by atoms with Crippen LogP contribution < -0.4 is 26.4 Å². The maximum absolute atomic E-state index is 13.1. The number of ether oxygens (including phenoxy) is 2. The standard InChI is InChI=1S/C30H41N5O4S/c1-19-17-35(18-20(2)39-19)12-13-38-25-11-10-23(21-8-6-7-9-22(21)25)33-29(37)34-24-14-27(30(3,4)5)40-26(24)16-32-28(36)15-31/h6-11,14,19-20H,12-13,15-18,31H2,1-5H3,(H,32,36)(H2,33,34,37). The zero-order chi connectivity index (χ0) is 28.9. The van der Waals surface area contributed by atoms with Gasteiger partial charge in [-0.25, -0.2) is 4.79 Å². The Morgan fingerprint density at radius 2 is 1.73 bits per heavy atom. The highest BCUT2D eigenvalue weighted by molar-refractivity contribution is 7.12. The molecule has 1 aromatic heterocycles. The molecule has 0 radical (unpaired) electrons. The third-order valence-electron chi connectivity index (χ3n) is 6.72. The van der Waals surface area contributed by atoms with Gasteiger partial charge in [0.05, 0.1) is 36.7 Å². The van der Waals surface area contributed by atoms with Crippen molar-refractivity contribution >= 4 is 45.4 Å². The average Bonchev–Trinajstić information content (AvgIpc) is 3.31. The van der Waals surface area contributed by atoms with E-state index in [-0.39, 0.29) is 36.1 Å². The number of nitrogens with two attached hydrogens (primary N) is 1. The minimum absolute atomic E-state index is 0.0842. The second kappa shape index (κ2) is 13.0. The van der Waals surface area contributed by atoms with Crippen LogP contribution in [-0.2, 0) is 21.5 Å². The van der Waals surface area contributed by atoms with Crippen LogP contribution in [-0.4, -0.2) is 61.8 Å². The van der Waals surface area contributed by atoms with Gasteiger partial charge in [-0.05, 0) is 37.5 Å². The summed E-state index contributed by atoms with van der Waals surface area (Å²) in [5.74, 6) is 0.533. The number of rotatable bonds is 9. The molecule has 216 valence electrons. The summed E-state index contributed by atoms with van der Waals surface area (Å²) >= 11 is 1.56. The predicted octanol–water partition coefficient (Wildman–Crippen LogP) is 4.91. The number of fused-ring (bicyclic) bond motifs is 1. The molecule has 1 aliphatic rings. The molecule has 0 aliphatic carbocycles. The molecule has 0 bridgehead atoms. The first-order valence-corrected chi connectivity index (χ1v) is 14.6. The van der Waals surface area contributed by atoms with Crippen LogP contribution in [0.5, 0.6) is 5.75 Å². The molecule has 1 saturated heterocycles. The molecule has 0 spiro atoms. The summed E-state index contributed by atoms with van der Waals surface area (Å²) < 4.78 is 12.0. The summed E-state index contributed by atoms with van der Waals surface area (Å²) in [5.41, 5.74) is 6.69. The van der Waals surface area contributed by atoms with E-state index in [2.05, 4.69) is 55.5 Å². The van der Waals surface area contributed by atoms with Gasteiger partial charge in [0, 0.05) is 40.2 Å². The lowest BCUT2D eigenvalue weighted by Gasteiger charge is -2.35. The molecular weight excluding hydrogens is 526 g/mol. The van der Waals surface area contributed by atoms with Crippen molar-refractivity contribution in [3.8, 4) is 5.75 Å². The lowest BCUT2D eigenvalue weighted by Crippen LogP contribution is -2.46. The van der Waals surface area contributed by atoms with Crippen LogP contribution in [0, 0.1) is 0 Å². The summed E-state index contributed by atoms with van der Waals surface area (Å²) in [6.07, 6.45) is 0.437. The van der Waals surface area contributed by atoms with Crippen molar-refractivity contribution in [3.63, 3.8) is 0 Å². The third kappa shape index (κ3) is 7.72. The van der Waals surface area contributed by atoms with Crippen LogP contribution in [0.15, 0.2) is 42.5 Å². The molecule has 1 fully saturated rings. The van der Waals surface area contributed by atoms with E-state index >= 15 is 0 Å².